The monoisotopic (exact) mass is 593 g/mol. The summed E-state index contributed by atoms with van der Waals surface area (Å²) in [5.74, 6) is 2.90. The summed E-state index contributed by atoms with van der Waals surface area (Å²) in [5.41, 5.74) is 4.16. The van der Waals surface area contributed by atoms with E-state index in [1.165, 1.54) is 4.26 Å². The fraction of sp³-hybridized carbons (Fsp3) is 0.370. The Hall–Kier alpha value is -2.78. The van der Waals surface area contributed by atoms with Crippen LogP contribution in [0.15, 0.2) is 47.9 Å². The van der Waals surface area contributed by atoms with Crippen LogP contribution >= 0.6 is 0 Å². The van der Waals surface area contributed by atoms with Gasteiger partial charge in [0.05, 0.1) is 0 Å². The predicted octanol–water partition coefficient (Wildman–Crippen LogP) is 4.34. The van der Waals surface area contributed by atoms with Gasteiger partial charge in [-0.15, -0.1) is 0 Å². The number of benzene rings is 2. The molecule has 3 aromatic rings. The molecule has 0 saturated heterocycles. The van der Waals surface area contributed by atoms with Crippen LogP contribution in [-0.2, 0) is 16.7 Å². The Morgan fingerprint density at radius 1 is 1.19 bits per heavy atom. The minimum absolute atomic E-state index is 0.00460. The topological polar surface area (TPSA) is 89.2 Å². The molecule has 0 fully saturated rings. The molecule has 10 heteroatoms. The van der Waals surface area contributed by atoms with Gasteiger partial charge in [0.2, 0.25) is 0 Å². The molecule has 0 radical (unpaired) electrons. The molecule has 8 nitrogen and oxygen atoms in total. The van der Waals surface area contributed by atoms with E-state index in [1.807, 2.05) is 25.1 Å². The van der Waals surface area contributed by atoms with E-state index in [2.05, 4.69) is 47.6 Å². The summed E-state index contributed by atoms with van der Waals surface area (Å²) in [4.78, 5) is 2.12. The number of fused-ring (bicyclic) bond motifs is 2. The Labute approximate surface area is 224 Å². The second-order valence-corrected chi connectivity index (χ2v) is 12.6. The van der Waals surface area contributed by atoms with E-state index in [-0.39, 0.29) is 20.3 Å². The summed E-state index contributed by atoms with van der Waals surface area (Å²) >= 11 is 0.00460. The van der Waals surface area contributed by atoms with Gasteiger partial charge in [-0.1, -0.05) is 0 Å². The van der Waals surface area contributed by atoms with Gasteiger partial charge in [0, 0.05) is 0 Å². The van der Waals surface area contributed by atoms with Crippen molar-refractivity contribution in [2.45, 2.75) is 40.2 Å². The maximum atomic E-state index is 11.4. The normalized spacial score (nSPS) is 14.8. The Balaban J connectivity index is 1.75. The number of rotatable bonds is 10. The van der Waals surface area contributed by atoms with Gasteiger partial charge >= 0.3 is 225 Å². The molecule has 1 N–H and O–H groups in total. The van der Waals surface area contributed by atoms with Crippen LogP contribution in [0.25, 0.3) is 15.9 Å². The first kappa shape index (κ1) is 27.3. The van der Waals surface area contributed by atoms with E-state index in [1.54, 1.807) is 14.2 Å². The van der Waals surface area contributed by atoms with Gasteiger partial charge in [0.1, 0.15) is 0 Å². The molecular weight excluding hydrogens is 559 g/mol. The van der Waals surface area contributed by atoms with Crippen LogP contribution in [0, 0.1) is 6.92 Å². The van der Waals surface area contributed by atoms with Crippen molar-refractivity contribution in [2.75, 3.05) is 31.4 Å². The van der Waals surface area contributed by atoms with E-state index < -0.39 is 10.1 Å². The van der Waals surface area contributed by atoms with Gasteiger partial charge in [-0.05, 0) is 0 Å². The zero-order chi connectivity index (χ0) is 26.7. The molecular formula is C27H33N2O6SSe+. The number of anilines is 1. The quantitative estimate of drug-likeness (QED) is 0.213. The number of hydrogen-bond acceptors (Lipinski definition) is 6. The van der Waals surface area contributed by atoms with Crippen LogP contribution in [0.5, 0.6) is 17.2 Å². The zero-order valence-corrected chi connectivity index (χ0v) is 24.3. The van der Waals surface area contributed by atoms with Crippen LogP contribution in [0.2, 0.25) is 0 Å². The molecule has 2 heterocycles. The SMILES string of the molecule is CCC(/C=C1\Oc2ccc(OC)cc2N1CC)=C\c1[se]c2cc(OC)c(C)cc2[n+]1CCCS(=O)(=O)O. The molecule has 1 aliphatic rings. The fourth-order valence-electron chi connectivity index (χ4n) is 4.40. The molecule has 1 aliphatic heterocycles. The van der Waals surface area contributed by atoms with Crippen molar-refractivity contribution in [1.82, 2.24) is 0 Å². The summed E-state index contributed by atoms with van der Waals surface area (Å²) in [7, 11) is -0.700. The third kappa shape index (κ3) is 6.04. The predicted molar refractivity (Wildman–Crippen MR) is 146 cm³/mol. The van der Waals surface area contributed by atoms with E-state index in [4.69, 9.17) is 14.2 Å². The van der Waals surface area contributed by atoms with Gasteiger partial charge in [-0.2, -0.15) is 0 Å². The zero-order valence-electron chi connectivity index (χ0n) is 21.8. The molecule has 0 aliphatic carbocycles. The number of aryl methyl sites for hydroxylation is 2. The van der Waals surface area contributed by atoms with Crippen molar-refractivity contribution < 1.29 is 31.7 Å². The van der Waals surface area contributed by atoms with Gasteiger partial charge in [-0.3, -0.25) is 0 Å². The third-order valence-corrected chi connectivity index (χ3v) is 9.41. The number of aromatic nitrogens is 1. The van der Waals surface area contributed by atoms with Crippen molar-refractivity contribution in [3.05, 3.63) is 58.0 Å². The average Bonchev–Trinajstić information content (AvgIpc) is 3.38. The van der Waals surface area contributed by atoms with Crippen LogP contribution in [0.3, 0.4) is 0 Å². The van der Waals surface area contributed by atoms with Gasteiger partial charge in [0.25, 0.3) is 0 Å². The second kappa shape index (κ2) is 11.3. The first-order valence-electron chi connectivity index (χ1n) is 12.2. The van der Waals surface area contributed by atoms with E-state index >= 15 is 0 Å². The van der Waals surface area contributed by atoms with Crippen LogP contribution in [0.4, 0.5) is 5.69 Å². The van der Waals surface area contributed by atoms with E-state index in [0.717, 1.165) is 63.0 Å². The van der Waals surface area contributed by atoms with Crippen molar-refractivity contribution >= 4 is 46.2 Å². The number of hydrogen-bond donors (Lipinski definition) is 1. The standard InChI is InChI=1S/C27H32N2O6SSe/c1-6-19(14-26-28(7-2)21-16-20(33-4)9-10-23(21)35-26)15-27-29(11-8-12-36(30,31)32)22-13-18(3)24(34-5)17-25(22)37-27/h9-10,13-17H,6-8,11-12H2,1-5H3/p+1. The molecule has 198 valence electrons. The van der Waals surface area contributed by atoms with E-state index in [0.29, 0.717) is 13.0 Å². The molecule has 0 unspecified atom stereocenters. The number of nitrogens with zero attached hydrogens (tertiary/aromatic N) is 2. The molecule has 2 aromatic carbocycles. The molecule has 4 rings (SSSR count). The van der Waals surface area contributed by atoms with Gasteiger partial charge in [-0.25, -0.2) is 0 Å². The molecule has 0 amide bonds. The Morgan fingerprint density at radius 2 is 1.97 bits per heavy atom. The summed E-state index contributed by atoms with van der Waals surface area (Å²) < 4.78 is 53.6. The van der Waals surface area contributed by atoms with Gasteiger partial charge in [0.15, 0.2) is 0 Å². The number of ether oxygens (including phenoxy) is 3. The summed E-state index contributed by atoms with van der Waals surface area (Å²) in [6, 6.07) is 9.96. The molecule has 0 spiro atoms. The summed E-state index contributed by atoms with van der Waals surface area (Å²) in [5, 5.41) is 0. The van der Waals surface area contributed by atoms with Crippen molar-refractivity contribution in [3.8, 4) is 17.2 Å². The number of allylic oxidation sites excluding steroid dienone is 2. The second-order valence-electron chi connectivity index (χ2n) is 8.76. The van der Waals surface area contributed by atoms with Crippen LogP contribution in [-0.4, -0.2) is 54.0 Å². The average molecular weight is 593 g/mol. The maximum absolute atomic E-state index is 11.4. The molecule has 1 aromatic heterocycles. The van der Waals surface area contributed by atoms with Crippen molar-refractivity contribution in [1.29, 1.82) is 0 Å². The first-order valence-corrected chi connectivity index (χ1v) is 15.5. The molecule has 0 saturated carbocycles. The molecule has 37 heavy (non-hydrogen) atoms. The van der Waals surface area contributed by atoms with Crippen LogP contribution in [0.1, 0.15) is 36.8 Å². The number of methoxy groups -OCH3 is 2. The molecule has 0 bridgehead atoms. The van der Waals surface area contributed by atoms with Crippen molar-refractivity contribution in [3.63, 3.8) is 0 Å². The molecule has 0 atom stereocenters. The first-order chi connectivity index (χ1) is 17.7. The Bertz CT molecular complexity index is 1480. The minimum atomic E-state index is -4.02. The van der Waals surface area contributed by atoms with Crippen LogP contribution < -0.4 is 23.7 Å². The Morgan fingerprint density at radius 3 is 2.62 bits per heavy atom. The fourth-order valence-corrected chi connectivity index (χ4v) is 7.36. The summed E-state index contributed by atoms with van der Waals surface area (Å²) in [6.07, 6.45) is 5.37. The summed E-state index contributed by atoms with van der Waals surface area (Å²) in [6.45, 7) is 7.43. The van der Waals surface area contributed by atoms with Gasteiger partial charge < -0.3 is 0 Å². The third-order valence-electron chi connectivity index (χ3n) is 6.31. The Kier molecular flexibility index (Phi) is 8.33. The van der Waals surface area contributed by atoms with E-state index in [9.17, 15) is 13.0 Å². The van der Waals surface area contributed by atoms with Crippen molar-refractivity contribution in [2.24, 2.45) is 0 Å².